The highest BCUT2D eigenvalue weighted by Gasteiger charge is 2.46. The number of benzene rings is 1. The SMILES string of the molecule is CCC1CN(C)C2=C(N[C@@](N)(Nc3cc4ccn(C(=O)C(C)(C)CCl)c4cc3OC)NC2=O)N1C1CCCC1. The molecule has 1 aromatic heterocycles. The molecule has 5 rings (SSSR count). The van der Waals surface area contributed by atoms with Crippen molar-refractivity contribution in [2.75, 3.05) is 31.9 Å². The predicted octanol–water partition coefficient (Wildman–Crippen LogP) is 3.39. The molecule has 2 aliphatic heterocycles. The minimum atomic E-state index is -1.47. The number of nitrogens with zero attached hydrogens (tertiary/aromatic N) is 3. The Morgan fingerprint density at radius 3 is 2.64 bits per heavy atom. The molecule has 0 spiro atoms. The van der Waals surface area contributed by atoms with Crippen molar-refractivity contribution < 1.29 is 14.3 Å². The lowest BCUT2D eigenvalue weighted by atomic mass is 9.95. The molecule has 0 radical (unpaired) electrons. The number of carbonyl (C=O) groups excluding carboxylic acids is 2. The molecule has 39 heavy (non-hydrogen) atoms. The van der Waals surface area contributed by atoms with Crippen LogP contribution in [-0.4, -0.2) is 70.8 Å². The zero-order chi connectivity index (χ0) is 28.1. The number of hydrogen-bond acceptors (Lipinski definition) is 8. The first-order valence-electron chi connectivity index (χ1n) is 13.7. The van der Waals surface area contributed by atoms with Crippen molar-refractivity contribution >= 4 is 40.0 Å². The van der Waals surface area contributed by atoms with Gasteiger partial charge < -0.3 is 25.2 Å². The van der Waals surface area contributed by atoms with Crippen LogP contribution in [0.3, 0.4) is 0 Å². The predicted molar refractivity (Wildman–Crippen MR) is 153 cm³/mol. The van der Waals surface area contributed by atoms with E-state index in [4.69, 9.17) is 22.1 Å². The van der Waals surface area contributed by atoms with Gasteiger partial charge in [-0.1, -0.05) is 19.8 Å². The number of aromatic nitrogens is 1. The van der Waals surface area contributed by atoms with Gasteiger partial charge in [0, 0.05) is 49.2 Å². The highest BCUT2D eigenvalue weighted by Crippen LogP contribution is 2.37. The summed E-state index contributed by atoms with van der Waals surface area (Å²) in [6, 6.07) is 6.18. The van der Waals surface area contributed by atoms with Crippen LogP contribution in [0.4, 0.5) is 5.69 Å². The third-order valence-electron chi connectivity index (χ3n) is 8.25. The summed E-state index contributed by atoms with van der Waals surface area (Å²) in [4.78, 5) is 31.0. The van der Waals surface area contributed by atoms with Gasteiger partial charge in [-0.05, 0) is 45.2 Å². The number of hydrogen-bond donors (Lipinski definition) is 4. The van der Waals surface area contributed by atoms with E-state index in [1.54, 1.807) is 23.9 Å². The fourth-order valence-corrected chi connectivity index (χ4v) is 6.21. The van der Waals surface area contributed by atoms with Crippen LogP contribution in [-0.2, 0) is 4.79 Å². The Bertz CT molecular complexity index is 1320. The zero-order valence-electron chi connectivity index (χ0n) is 23.4. The van der Waals surface area contributed by atoms with Crippen LogP contribution in [0.1, 0.15) is 57.7 Å². The Kier molecular flexibility index (Phi) is 7.13. The maximum absolute atomic E-state index is 13.5. The smallest absolute Gasteiger partial charge is 0.275 e. The van der Waals surface area contributed by atoms with Crippen molar-refractivity contribution in [3.63, 3.8) is 0 Å². The maximum Gasteiger partial charge on any atom is 0.275 e. The average Bonchev–Trinajstić information content (AvgIpc) is 3.56. The van der Waals surface area contributed by atoms with Crippen LogP contribution in [0.15, 0.2) is 35.9 Å². The number of carbonyl (C=O) groups is 2. The lowest BCUT2D eigenvalue weighted by Crippen LogP contribution is -2.76. The summed E-state index contributed by atoms with van der Waals surface area (Å²) in [5.74, 6) is -0.360. The van der Waals surface area contributed by atoms with E-state index in [1.807, 2.05) is 37.9 Å². The number of fused-ring (bicyclic) bond motifs is 1. The molecule has 1 saturated carbocycles. The van der Waals surface area contributed by atoms with Crippen LogP contribution < -0.4 is 26.4 Å². The van der Waals surface area contributed by atoms with Crippen LogP contribution >= 0.6 is 11.6 Å². The molecule has 1 aromatic carbocycles. The van der Waals surface area contributed by atoms with Gasteiger partial charge in [-0.2, -0.15) is 0 Å². The van der Waals surface area contributed by atoms with Gasteiger partial charge in [0.2, 0.25) is 11.8 Å². The summed E-state index contributed by atoms with van der Waals surface area (Å²) < 4.78 is 7.30. The first-order valence-corrected chi connectivity index (χ1v) is 14.3. The Labute approximate surface area is 234 Å². The minimum absolute atomic E-state index is 0.106. The quantitative estimate of drug-likeness (QED) is 0.302. The molecule has 0 saturated heterocycles. The third-order valence-corrected chi connectivity index (χ3v) is 8.92. The van der Waals surface area contributed by atoms with Crippen molar-refractivity contribution in [1.82, 2.24) is 25.0 Å². The van der Waals surface area contributed by atoms with Crippen LogP contribution in [0, 0.1) is 5.41 Å². The summed E-state index contributed by atoms with van der Waals surface area (Å²) in [5.41, 5.74) is 7.97. The van der Waals surface area contributed by atoms with Gasteiger partial charge in [0.1, 0.15) is 17.3 Å². The van der Waals surface area contributed by atoms with Crippen molar-refractivity contribution in [3.05, 3.63) is 35.9 Å². The molecule has 1 fully saturated rings. The van der Waals surface area contributed by atoms with Gasteiger partial charge >= 0.3 is 0 Å². The summed E-state index contributed by atoms with van der Waals surface area (Å²) in [5, 5.41) is 10.5. The Morgan fingerprint density at radius 2 is 2.00 bits per heavy atom. The van der Waals surface area contributed by atoms with Gasteiger partial charge in [0.15, 0.2) is 0 Å². The van der Waals surface area contributed by atoms with E-state index >= 15 is 0 Å². The highest BCUT2D eigenvalue weighted by atomic mass is 35.5. The minimum Gasteiger partial charge on any atom is -0.495 e. The number of halogens is 1. The number of methoxy groups -OCH3 is 1. The van der Waals surface area contributed by atoms with E-state index in [9.17, 15) is 9.59 Å². The van der Waals surface area contributed by atoms with Gasteiger partial charge in [-0.25, -0.2) is 0 Å². The number of anilines is 1. The van der Waals surface area contributed by atoms with Gasteiger partial charge in [-0.3, -0.25) is 25.2 Å². The average molecular weight is 558 g/mol. The van der Waals surface area contributed by atoms with E-state index in [1.165, 1.54) is 12.8 Å². The topological polar surface area (TPSA) is 117 Å². The van der Waals surface area contributed by atoms with E-state index in [0.717, 1.165) is 37.0 Å². The molecule has 0 bridgehead atoms. The van der Waals surface area contributed by atoms with Crippen LogP contribution in [0.2, 0.25) is 0 Å². The summed E-state index contributed by atoms with van der Waals surface area (Å²) in [6.45, 7) is 6.61. The lowest BCUT2D eigenvalue weighted by molar-refractivity contribution is -0.123. The number of rotatable bonds is 7. The fraction of sp³-hybridized carbons (Fsp3) is 0.571. The molecule has 3 heterocycles. The number of nitrogens with one attached hydrogen (secondary N) is 3. The lowest BCUT2D eigenvalue weighted by Gasteiger charge is -2.52. The Hall–Kier alpha value is -3.11. The molecule has 10 nitrogen and oxygen atoms in total. The monoisotopic (exact) mass is 557 g/mol. The first-order chi connectivity index (χ1) is 18.5. The zero-order valence-corrected chi connectivity index (χ0v) is 24.2. The van der Waals surface area contributed by atoms with Crippen molar-refractivity contribution in [1.29, 1.82) is 0 Å². The standard InChI is InChI=1S/C28H40ClN7O3/c1-6-18-15-34(4)23-24(36(18)19-9-7-8-10-19)32-28(30,33-25(23)37)31-20-13-17-11-12-35(21(17)14-22(20)39-5)26(38)27(2,3)16-29/h11-14,18-19,31-32H,6-10,15-16,30H2,1-5H3,(H,33,37)/t18?,28-/m1/s1. The maximum atomic E-state index is 13.5. The fourth-order valence-electron chi connectivity index (χ4n) is 6.10. The van der Waals surface area contributed by atoms with Gasteiger partial charge in [-0.15, -0.1) is 11.6 Å². The largest absolute Gasteiger partial charge is 0.495 e. The highest BCUT2D eigenvalue weighted by molar-refractivity contribution is 6.20. The van der Waals surface area contributed by atoms with Crippen molar-refractivity contribution in [3.8, 4) is 5.75 Å². The Morgan fingerprint density at radius 1 is 1.28 bits per heavy atom. The molecule has 1 aliphatic carbocycles. The second-order valence-electron chi connectivity index (χ2n) is 11.6. The van der Waals surface area contributed by atoms with Gasteiger partial charge in [0.25, 0.3) is 5.91 Å². The number of alkyl halides is 1. The molecule has 1 amide bonds. The molecule has 212 valence electrons. The number of amides is 1. The second-order valence-corrected chi connectivity index (χ2v) is 11.9. The van der Waals surface area contributed by atoms with Crippen molar-refractivity contribution in [2.24, 2.45) is 11.1 Å². The molecule has 11 heteroatoms. The summed E-state index contributed by atoms with van der Waals surface area (Å²) >= 11 is 6.07. The molecular formula is C28H40ClN7O3. The normalized spacial score (nSPS) is 24.1. The van der Waals surface area contributed by atoms with E-state index < -0.39 is 11.3 Å². The number of nitrogens with two attached hydrogens (primary N) is 1. The van der Waals surface area contributed by atoms with E-state index in [0.29, 0.717) is 28.7 Å². The Balaban J connectivity index is 1.50. The molecule has 5 N–H and O–H groups in total. The molecule has 3 aliphatic rings. The molecule has 2 atom stereocenters. The van der Waals surface area contributed by atoms with E-state index in [2.05, 4.69) is 27.8 Å². The van der Waals surface area contributed by atoms with Crippen LogP contribution in [0.25, 0.3) is 10.9 Å². The third kappa shape index (κ3) is 4.78. The summed E-state index contributed by atoms with van der Waals surface area (Å²) in [6.07, 6.45) is 7.29. The van der Waals surface area contributed by atoms with Crippen molar-refractivity contribution in [2.45, 2.75) is 70.9 Å². The number of ether oxygens (including phenoxy) is 1. The second kappa shape index (κ2) is 10.1. The van der Waals surface area contributed by atoms with Gasteiger partial charge in [0.05, 0.1) is 23.7 Å². The molecule has 1 unspecified atom stereocenters. The summed E-state index contributed by atoms with van der Waals surface area (Å²) in [7, 11) is 3.52. The van der Waals surface area contributed by atoms with Crippen LogP contribution in [0.5, 0.6) is 5.75 Å². The molecular weight excluding hydrogens is 518 g/mol. The number of likely N-dealkylation sites (N-methyl/N-ethyl adjacent to an activating group) is 1. The molecule has 2 aromatic rings. The van der Waals surface area contributed by atoms with E-state index in [-0.39, 0.29) is 23.7 Å². The first kappa shape index (κ1) is 27.5.